The third-order valence-electron chi connectivity index (χ3n) is 5.49. The second-order valence-electron chi connectivity index (χ2n) is 7.22. The van der Waals surface area contributed by atoms with E-state index in [1.165, 1.54) is 0 Å². The predicted molar refractivity (Wildman–Crippen MR) is 111 cm³/mol. The van der Waals surface area contributed by atoms with Gasteiger partial charge in [-0.05, 0) is 30.3 Å². The Hall–Kier alpha value is -2.80. The number of rotatable bonds is 4. The Morgan fingerprint density at radius 3 is 2.62 bits per heavy atom. The lowest BCUT2D eigenvalue weighted by molar-refractivity contribution is -0.136. The monoisotopic (exact) mass is 414 g/mol. The molecule has 152 valence electrons. The van der Waals surface area contributed by atoms with Crippen molar-refractivity contribution in [3.05, 3.63) is 47.6 Å². The van der Waals surface area contributed by atoms with Gasteiger partial charge in [0.05, 0.1) is 18.1 Å². The highest BCUT2D eigenvalue weighted by Crippen LogP contribution is 2.33. The maximum absolute atomic E-state index is 13.0. The van der Waals surface area contributed by atoms with Gasteiger partial charge in [-0.1, -0.05) is 17.7 Å². The number of ether oxygens (including phenoxy) is 1. The molecule has 0 N–H and O–H groups in total. The Kier molecular flexibility index (Phi) is 5.58. The lowest BCUT2D eigenvalue weighted by atomic mass is 10.1. The third-order valence-corrected chi connectivity index (χ3v) is 5.78. The van der Waals surface area contributed by atoms with Gasteiger partial charge in [-0.15, -0.1) is 0 Å². The number of hydrogen-bond acceptors (Lipinski definition) is 5. The zero-order valence-electron chi connectivity index (χ0n) is 16.3. The van der Waals surface area contributed by atoms with Gasteiger partial charge in [-0.2, -0.15) is 0 Å². The van der Waals surface area contributed by atoms with Crippen molar-refractivity contribution >= 4 is 34.9 Å². The molecule has 0 radical (unpaired) electrons. The molecule has 29 heavy (non-hydrogen) atoms. The van der Waals surface area contributed by atoms with E-state index in [1.54, 1.807) is 36.4 Å². The van der Waals surface area contributed by atoms with E-state index in [9.17, 15) is 9.59 Å². The number of hydrogen-bond donors (Lipinski definition) is 0. The molecular weight excluding hydrogens is 392 g/mol. The third kappa shape index (κ3) is 4.00. The molecule has 2 aliphatic rings. The molecule has 0 spiro atoms. The van der Waals surface area contributed by atoms with Gasteiger partial charge in [0.25, 0.3) is 0 Å². The van der Waals surface area contributed by atoms with E-state index in [4.69, 9.17) is 16.3 Å². The van der Waals surface area contributed by atoms with Crippen LogP contribution in [0.2, 0.25) is 5.02 Å². The van der Waals surface area contributed by atoms with Crippen molar-refractivity contribution in [2.45, 2.75) is 6.42 Å². The van der Waals surface area contributed by atoms with Crippen LogP contribution < -0.4 is 14.5 Å². The van der Waals surface area contributed by atoms with E-state index >= 15 is 0 Å². The quantitative estimate of drug-likeness (QED) is 0.768. The minimum atomic E-state index is -0.329. The number of methoxy groups -OCH3 is 1. The summed E-state index contributed by atoms with van der Waals surface area (Å²) >= 11 is 6.19. The molecule has 2 aliphatic heterocycles. The summed E-state index contributed by atoms with van der Waals surface area (Å²) in [6.45, 7) is 3.12. The summed E-state index contributed by atoms with van der Waals surface area (Å²) in [7, 11) is 1.55. The molecule has 1 aromatic carbocycles. The Balaban J connectivity index is 1.38. The molecule has 2 saturated heterocycles. The van der Waals surface area contributed by atoms with Crippen LogP contribution in [-0.2, 0) is 9.59 Å². The normalized spacial score (nSPS) is 19.6. The van der Waals surface area contributed by atoms with Crippen molar-refractivity contribution in [3.8, 4) is 5.75 Å². The standard InChI is InChI=1S/C21H23ClN4O3/c1-29-18-6-5-16(13-17(18)22)26-14-15(12-20(26)27)21(28)25-10-8-24(9-11-25)19-4-2-3-7-23-19/h2-7,13,15H,8-12,14H2,1H3/t15-/m1/s1. The lowest BCUT2D eigenvalue weighted by Crippen LogP contribution is -2.51. The Morgan fingerprint density at radius 1 is 1.17 bits per heavy atom. The number of halogens is 1. The molecule has 2 amide bonds. The molecule has 8 heteroatoms. The van der Waals surface area contributed by atoms with E-state index in [1.807, 2.05) is 23.1 Å². The van der Waals surface area contributed by atoms with Gasteiger partial charge in [0.15, 0.2) is 0 Å². The maximum atomic E-state index is 13.0. The fourth-order valence-electron chi connectivity index (χ4n) is 3.90. The van der Waals surface area contributed by atoms with E-state index in [0.717, 1.165) is 18.9 Å². The number of nitrogens with zero attached hydrogens (tertiary/aromatic N) is 4. The van der Waals surface area contributed by atoms with Crippen LogP contribution in [0.3, 0.4) is 0 Å². The molecular formula is C21H23ClN4O3. The molecule has 0 bridgehead atoms. The molecule has 0 aliphatic carbocycles. The summed E-state index contributed by atoms with van der Waals surface area (Å²) in [5.41, 5.74) is 0.691. The fourth-order valence-corrected chi connectivity index (χ4v) is 4.15. The molecule has 0 unspecified atom stereocenters. The zero-order valence-corrected chi connectivity index (χ0v) is 17.0. The summed E-state index contributed by atoms with van der Waals surface area (Å²) in [6.07, 6.45) is 2.00. The van der Waals surface area contributed by atoms with Crippen LogP contribution in [0, 0.1) is 5.92 Å². The second-order valence-corrected chi connectivity index (χ2v) is 7.63. The van der Waals surface area contributed by atoms with Crippen molar-refractivity contribution < 1.29 is 14.3 Å². The highest BCUT2D eigenvalue weighted by molar-refractivity contribution is 6.32. The number of anilines is 2. The largest absolute Gasteiger partial charge is 0.495 e. The van der Waals surface area contributed by atoms with Gasteiger partial charge in [-0.3, -0.25) is 9.59 Å². The minimum absolute atomic E-state index is 0.0427. The van der Waals surface area contributed by atoms with Gasteiger partial charge in [0.2, 0.25) is 11.8 Å². The molecule has 4 rings (SSSR count). The van der Waals surface area contributed by atoms with E-state index in [0.29, 0.717) is 36.1 Å². The van der Waals surface area contributed by atoms with Crippen molar-refractivity contribution in [2.75, 3.05) is 49.6 Å². The molecule has 1 atom stereocenters. The van der Waals surface area contributed by atoms with Crippen LogP contribution in [0.15, 0.2) is 42.6 Å². The Morgan fingerprint density at radius 2 is 1.97 bits per heavy atom. The Bertz CT molecular complexity index is 900. The van der Waals surface area contributed by atoms with Crippen molar-refractivity contribution in [1.29, 1.82) is 0 Å². The predicted octanol–water partition coefficient (Wildman–Crippen LogP) is 2.45. The first kappa shape index (κ1) is 19.5. The minimum Gasteiger partial charge on any atom is -0.495 e. The average molecular weight is 415 g/mol. The SMILES string of the molecule is COc1ccc(N2C[C@H](C(=O)N3CCN(c4ccccn4)CC3)CC2=O)cc1Cl. The number of carbonyl (C=O) groups excluding carboxylic acids is 2. The number of piperazine rings is 1. The first-order valence-electron chi connectivity index (χ1n) is 9.65. The summed E-state index contributed by atoms with van der Waals surface area (Å²) < 4.78 is 5.16. The summed E-state index contributed by atoms with van der Waals surface area (Å²) in [5.74, 6) is 1.14. The molecule has 3 heterocycles. The highest BCUT2D eigenvalue weighted by atomic mass is 35.5. The second kappa shape index (κ2) is 8.29. The topological polar surface area (TPSA) is 66.0 Å². The van der Waals surface area contributed by atoms with Gasteiger partial charge < -0.3 is 19.4 Å². The van der Waals surface area contributed by atoms with Crippen LogP contribution in [0.5, 0.6) is 5.75 Å². The fraction of sp³-hybridized carbons (Fsp3) is 0.381. The van der Waals surface area contributed by atoms with Gasteiger partial charge >= 0.3 is 0 Å². The van der Waals surface area contributed by atoms with Crippen molar-refractivity contribution in [3.63, 3.8) is 0 Å². The zero-order chi connectivity index (χ0) is 20.4. The molecule has 1 aromatic heterocycles. The number of pyridine rings is 1. The maximum Gasteiger partial charge on any atom is 0.228 e. The lowest BCUT2D eigenvalue weighted by Gasteiger charge is -2.36. The van der Waals surface area contributed by atoms with Gasteiger partial charge in [0.1, 0.15) is 11.6 Å². The molecule has 0 saturated carbocycles. The van der Waals surface area contributed by atoms with Crippen LogP contribution in [0.25, 0.3) is 0 Å². The number of amides is 2. The average Bonchev–Trinajstić information content (AvgIpc) is 3.15. The first-order valence-corrected chi connectivity index (χ1v) is 10.0. The van der Waals surface area contributed by atoms with Crippen LogP contribution in [0.4, 0.5) is 11.5 Å². The summed E-state index contributed by atoms with van der Waals surface area (Å²) in [4.78, 5) is 35.6. The smallest absolute Gasteiger partial charge is 0.228 e. The van der Waals surface area contributed by atoms with E-state index in [2.05, 4.69) is 9.88 Å². The molecule has 2 aromatic rings. The summed E-state index contributed by atoms with van der Waals surface area (Å²) in [5, 5.41) is 0.443. The number of benzene rings is 1. The molecule has 7 nitrogen and oxygen atoms in total. The molecule has 2 fully saturated rings. The van der Waals surface area contributed by atoms with Crippen LogP contribution in [-0.4, -0.2) is 61.5 Å². The van der Waals surface area contributed by atoms with Crippen molar-refractivity contribution in [2.24, 2.45) is 5.92 Å². The highest BCUT2D eigenvalue weighted by Gasteiger charge is 2.38. The van der Waals surface area contributed by atoms with Gasteiger partial charge in [0, 0.05) is 51.0 Å². The number of carbonyl (C=O) groups is 2. The summed E-state index contributed by atoms with van der Waals surface area (Å²) in [6, 6.07) is 11.1. The first-order chi connectivity index (χ1) is 14.1. The van der Waals surface area contributed by atoms with Crippen molar-refractivity contribution in [1.82, 2.24) is 9.88 Å². The number of aromatic nitrogens is 1. The van der Waals surface area contributed by atoms with Crippen LogP contribution in [0.1, 0.15) is 6.42 Å². The van der Waals surface area contributed by atoms with Gasteiger partial charge in [-0.25, -0.2) is 4.98 Å². The van der Waals surface area contributed by atoms with E-state index in [-0.39, 0.29) is 24.2 Å². The Labute approximate surface area is 174 Å². The van der Waals surface area contributed by atoms with Crippen LogP contribution >= 0.6 is 11.6 Å². The van der Waals surface area contributed by atoms with E-state index < -0.39 is 0 Å².